The molecule has 1 aliphatic heterocycles. The van der Waals surface area contributed by atoms with E-state index in [0.29, 0.717) is 31.9 Å². The Labute approximate surface area is 130 Å². The van der Waals surface area contributed by atoms with Crippen LogP contribution in [-0.4, -0.2) is 46.9 Å². The second-order valence-electron chi connectivity index (χ2n) is 5.70. The van der Waals surface area contributed by atoms with E-state index < -0.39 is 0 Å². The Morgan fingerprint density at radius 2 is 1.91 bits per heavy atom. The molecule has 5 heteroatoms. The van der Waals surface area contributed by atoms with E-state index in [1.165, 1.54) is 5.56 Å². The largest absolute Gasteiger partial charge is 0.378 e. The van der Waals surface area contributed by atoms with E-state index in [-0.39, 0.29) is 5.91 Å². The smallest absolute Gasteiger partial charge is 0.257 e. The third-order valence-corrected chi connectivity index (χ3v) is 4.05. The summed E-state index contributed by atoms with van der Waals surface area (Å²) in [5, 5.41) is 4.58. The fourth-order valence-corrected chi connectivity index (χ4v) is 2.89. The standard InChI is InChI=1S/C17H21N3O2/c1-12-5-4-6-15(11-12)20-14(3)16(13(2)18-20)17(21)19-7-9-22-10-8-19/h4-6,11H,7-10H2,1-3H3. The van der Waals surface area contributed by atoms with Crippen LogP contribution in [0.4, 0.5) is 0 Å². The highest BCUT2D eigenvalue weighted by atomic mass is 16.5. The molecule has 1 saturated heterocycles. The molecule has 2 heterocycles. The lowest BCUT2D eigenvalue weighted by molar-refractivity contribution is 0.0302. The molecule has 116 valence electrons. The number of morpholine rings is 1. The van der Waals surface area contributed by atoms with Crippen LogP contribution in [0.15, 0.2) is 24.3 Å². The number of carbonyl (C=O) groups is 1. The van der Waals surface area contributed by atoms with E-state index in [0.717, 1.165) is 17.1 Å². The number of aryl methyl sites for hydroxylation is 2. The summed E-state index contributed by atoms with van der Waals surface area (Å²) in [6.07, 6.45) is 0. The van der Waals surface area contributed by atoms with Gasteiger partial charge in [-0.3, -0.25) is 4.79 Å². The van der Waals surface area contributed by atoms with Gasteiger partial charge in [0.15, 0.2) is 0 Å². The van der Waals surface area contributed by atoms with Gasteiger partial charge in [0, 0.05) is 13.1 Å². The number of hydrogen-bond acceptors (Lipinski definition) is 3. The normalized spacial score (nSPS) is 15.1. The fraction of sp³-hybridized carbons (Fsp3) is 0.412. The maximum absolute atomic E-state index is 12.8. The average Bonchev–Trinajstić information content (AvgIpc) is 2.82. The number of hydrogen-bond donors (Lipinski definition) is 0. The molecule has 0 saturated carbocycles. The van der Waals surface area contributed by atoms with Gasteiger partial charge in [0.25, 0.3) is 5.91 Å². The molecule has 0 radical (unpaired) electrons. The van der Waals surface area contributed by atoms with Crippen LogP contribution in [0.25, 0.3) is 5.69 Å². The van der Waals surface area contributed by atoms with Gasteiger partial charge in [0.2, 0.25) is 0 Å². The second-order valence-corrected chi connectivity index (χ2v) is 5.70. The van der Waals surface area contributed by atoms with E-state index in [9.17, 15) is 4.79 Å². The van der Waals surface area contributed by atoms with Crippen LogP contribution in [0.3, 0.4) is 0 Å². The second kappa shape index (κ2) is 5.93. The summed E-state index contributed by atoms with van der Waals surface area (Å²) < 4.78 is 7.18. The molecule has 0 spiro atoms. The molecule has 1 aromatic heterocycles. The van der Waals surface area contributed by atoms with Crippen molar-refractivity contribution in [1.82, 2.24) is 14.7 Å². The zero-order valence-electron chi connectivity index (χ0n) is 13.3. The zero-order chi connectivity index (χ0) is 15.7. The number of amides is 1. The van der Waals surface area contributed by atoms with E-state index in [1.54, 1.807) is 0 Å². The highest BCUT2D eigenvalue weighted by Crippen LogP contribution is 2.20. The van der Waals surface area contributed by atoms with Crippen LogP contribution in [0, 0.1) is 20.8 Å². The Morgan fingerprint density at radius 3 is 2.59 bits per heavy atom. The summed E-state index contributed by atoms with van der Waals surface area (Å²) in [5.74, 6) is 0.0530. The van der Waals surface area contributed by atoms with Crippen LogP contribution < -0.4 is 0 Å². The van der Waals surface area contributed by atoms with Crippen LogP contribution >= 0.6 is 0 Å². The topological polar surface area (TPSA) is 47.4 Å². The molecule has 22 heavy (non-hydrogen) atoms. The van der Waals surface area contributed by atoms with Gasteiger partial charge in [-0.15, -0.1) is 0 Å². The van der Waals surface area contributed by atoms with E-state index in [1.807, 2.05) is 35.6 Å². The van der Waals surface area contributed by atoms with Gasteiger partial charge in [-0.05, 0) is 38.5 Å². The molecule has 1 amide bonds. The van der Waals surface area contributed by atoms with Gasteiger partial charge in [0.05, 0.1) is 35.9 Å². The molecule has 5 nitrogen and oxygen atoms in total. The van der Waals surface area contributed by atoms with Crippen molar-refractivity contribution in [3.05, 3.63) is 46.8 Å². The van der Waals surface area contributed by atoms with Crippen molar-refractivity contribution in [3.8, 4) is 5.69 Å². The van der Waals surface area contributed by atoms with Gasteiger partial charge in [0.1, 0.15) is 0 Å². The van der Waals surface area contributed by atoms with Gasteiger partial charge in [-0.2, -0.15) is 5.10 Å². The van der Waals surface area contributed by atoms with Crippen molar-refractivity contribution >= 4 is 5.91 Å². The quantitative estimate of drug-likeness (QED) is 0.854. The van der Waals surface area contributed by atoms with Crippen molar-refractivity contribution in [2.75, 3.05) is 26.3 Å². The summed E-state index contributed by atoms with van der Waals surface area (Å²) in [6.45, 7) is 8.41. The third-order valence-electron chi connectivity index (χ3n) is 4.05. The molecule has 1 aromatic carbocycles. The SMILES string of the molecule is Cc1cccc(-n2nc(C)c(C(=O)N3CCOCC3)c2C)c1. The van der Waals surface area contributed by atoms with Crippen molar-refractivity contribution in [3.63, 3.8) is 0 Å². The Morgan fingerprint density at radius 1 is 1.18 bits per heavy atom. The Kier molecular flexibility index (Phi) is 3.98. The van der Waals surface area contributed by atoms with Crippen molar-refractivity contribution < 1.29 is 9.53 Å². The van der Waals surface area contributed by atoms with Crippen molar-refractivity contribution in [1.29, 1.82) is 0 Å². The van der Waals surface area contributed by atoms with Crippen LogP contribution in [-0.2, 0) is 4.74 Å². The minimum Gasteiger partial charge on any atom is -0.378 e. The van der Waals surface area contributed by atoms with E-state index in [4.69, 9.17) is 4.74 Å². The number of rotatable bonds is 2. The minimum atomic E-state index is 0.0530. The van der Waals surface area contributed by atoms with Crippen molar-refractivity contribution in [2.24, 2.45) is 0 Å². The summed E-state index contributed by atoms with van der Waals surface area (Å²) >= 11 is 0. The Hall–Kier alpha value is -2.14. The lowest BCUT2D eigenvalue weighted by Gasteiger charge is -2.26. The first kappa shape index (κ1) is 14.8. The number of benzene rings is 1. The minimum absolute atomic E-state index is 0.0530. The maximum Gasteiger partial charge on any atom is 0.257 e. The summed E-state index contributed by atoms with van der Waals surface area (Å²) in [6, 6.07) is 8.14. The Balaban J connectivity index is 1.98. The monoisotopic (exact) mass is 299 g/mol. The predicted molar refractivity (Wildman–Crippen MR) is 84.5 cm³/mol. The highest BCUT2D eigenvalue weighted by Gasteiger charge is 2.25. The lowest BCUT2D eigenvalue weighted by atomic mass is 10.1. The lowest BCUT2D eigenvalue weighted by Crippen LogP contribution is -2.41. The van der Waals surface area contributed by atoms with Crippen LogP contribution in [0.5, 0.6) is 0 Å². The summed E-state index contributed by atoms with van der Waals surface area (Å²) in [5.41, 5.74) is 4.53. The predicted octanol–water partition coefficient (Wildman–Crippen LogP) is 2.27. The van der Waals surface area contributed by atoms with Gasteiger partial charge < -0.3 is 9.64 Å². The molecule has 3 rings (SSSR count). The highest BCUT2D eigenvalue weighted by molar-refractivity contribution is 5.96. The number of aromatic nitrogens is 2. The molecular formula is C17H21N3O2. The summed E-state index contributed by atoms with van der Waals surface area (Å²) in [4.78, 5) is 14.6. The molecule has 0 N–H and O–H groups in total. The first-order chi connectivity index (χ1) is 10.6. The van der Waals surface area contributed by atoms with Crippen LogP contribution in [0.1, 0.15) is 27.3 Å². The van der Waals surface area contributed by atoms with Crippen LogP contribution in [0.2, 0.25) is 0 Å². The molecule has 0 aliphatic carbocycles. The molecule has 0 unspecified atom stereocenters. The first-order valence-corrected chi connectivity index (χ1v) is 7.58. The summed E-state index contributed by atoms with van der Waals surface area (Å²) in [7, 11) is 0. The van der Waals surface area contributed by atoms with E-state index >= 15 is 0 Å². The molecular weight excluding hydrogens is 278 g/mol. The van der Waals surface area contributed by atoms with Gasteiger partial charge >= 0.3 is 0 Å². The van der Waals surface area contributed by atoms with Crippen molar-refractivity contribution in [2.45, 2.75) is 20.8 Å². The van der Waals surface area contributed by atoms with E-state index in [2.05, 4.69) is 24.2 Å². The molecule has 2 aromatic rings. The van der Waals surface area contributed by atoms with Gasteiger partial charge in [-0.25, -0.2) is 4.68 Å². The third kappa shape index (κ3) is 2.64. The molecule has 0 bridgehead atoms. The molecule has 1 aliphatic rings. The molecule has 1 fully saturated rings. The number of nitrogens with zero attached hydrogens (tertiary/aromatic N) is 3. The zero-order valence-corrected chi connectivity index (χ0v) is 13.3. The Bertz CT molecular complexity index is 700. The van der Waals surface area contributed by atoms with Gasteiger partial charge in [-0.1, -0.05) is 12.1 Å². The first-order valence-electron chi connectivity index (χ1n) is 7.58. The number of carbonyl (C=O) groups excluding carboxylic acids is 1. The maximum atomic E-state index is 12.8. The fourth-order valence-electron chi connectivity index (χ4n) is 2.89. The number of ether oxygens (including phenoxy) is 1. The average molecular weight is 299 g/mol. The molecule has 0 atom stereocenters.